The summed E-state index contributed by atoms with van der Waals surface area (Å²) >= 11 is 0. The summed E-state index contributed by atoms with van der Waals surface area (Å²) in [4.78, 5) is 29.9. The Bertz CT molecular complexity index is 927. The monoisotopic (exact) mass is 423 g/mol. The van der Waals surface area contributed by atoms with Crippen LogP contribution in [0, 0.1) is 0 Å². The fraction of sp³-hybridized carbons (Fsp3) is 0.348. The molecule has 8 heteroatoms. The molecule has 1 aliphatic heterocycles. The molecule has 1 saturated heterocycles. The highest BCUT2D eigenvalue weighted by Gasteiger charge is 2.22. The number of hydrogen-bond acceptors (Lipinski definition) is 4. The lowest BCUT2D eigenvalue weighted by Crippen LogP contribution is -2.49. The third-order valence-electron chi connectivity index (χ3n) is 5.09. The van der Waals surface area contributed by atoms with Gasteiger partial charge in [0.1, 0.15) is 5.75 Å². The van der Waals surface area contributed by atoms with E-state index in [1.165, 1.54) is 0 Å². The lowest BCUT2D eigenvalue weighted by molar-refractivity contribution is -0.123. The highest BCUT2D eigenvalue weighted by molar-refractivity contribution is 5.97. The molecule has 3 rings (SSSR count). The normalized spacial score (nSPS) is 14.1. The molecule has 2 aromatic rings. The quantitative estimate of drug-likeness (QED) is 0.459. The molecule has 0 atom stereocenters. The molecule has 0 aromatic heterocycles. The Morgan fingerprint density at radius 2 is 1.94 bits per heavy atom. The van der Waals surface area contributed by atoms with Crippen LogP contribution in [0.5, 0.6) is 5.75 Å². The van der Waals surface area contributed by atoms with E-state index in [2.05, 4.69) is 27.0 Å². The van der Waals surface area contributed by atoms with E-state index in [1.807, 2.05) is 30.3 Å². The SMILES string of the molecule is CN=C(NCCc1ccccc1OC)NCc1ccc(C(=O)N2CCNC(=O)C2)cc1. The second-order valence-corrected chi connectivity index (χ2v) is 7.19. The Hall–Kier alpha value is -3.55. The van der Waals surface area contributed by atoms with Gasteiger partial charge in [0.05, 0.1) is 13.7 Å². The predicted octanol–water partition coefficient (Wildman–Crippen LogP) is 1.17. The Morgan fingerprint density at radius 3 is 2.65 bits per heavy atom. The molecule has 0 unspecified atom stereocenters. The van der Waals surface area contributed by atoms with Crippen molar-refractivity contribution >= 4 is 17.8 Å². The highest BCUT2D eigenvalue weighted by Crippen LogP contribution is 2.17. The molecule has 0 radical (unpaired) electrons. The van der Waals surface area contributed by atoms with Crippen LogP contribution >= 0.6 is 0 Å². The van der Waals surface area contributed by atoms with Gasteiger partial charge < -0.3 is 25.6 Å². The van der Waals surface area contributed by atoms with E-state index in [4.69, 9.17) is 4.74 Å². The molecule has 0 bridgehead atoms. The largest absolute Gasteiger partial charge is 0.496 e. The molecular weight excluding hydrogens is 394 g/mol. The van der Waals surface area contributed by atoms with Crippen molar-refractivity contribution in [3.8, 4) is 5.75 Å². The summed E-state index contributed by atoms with van der Waals surface area (Å²) in [6.07, 6.45) is 0.816. The van der Waals surface area contributed by atoms with Gasteiger partial charge >= 0.3 is 0 Å². The molecule has 1 aliphatic rings. The Balaban J connectivity index is 1.47. The molecule has 8 nitrogen and oxygen atoms in total. The number of rotatable bonds is 7. The lowest BCUT2D eigenvalue weighted by Gasteiger charge is -2.26. The second kappa shape index (κ2) is 11.0. The first-order valence-corrected chi connectivity index (χ1v) is 10.3. The molecule has 2 aromatic carbocycles. The molecule has 164 valence electrons. The number of amides is 2. The number of nitrogens with zero attached hydrogens (tertiary/aromatic N) is 2. The number of aliphatic imine (C=N–C) groups is 1. The van der Waals surface area contributed by atoms with E-state index in [-0.39, 0.29) is 18.4 Å². The molecule has 3 N–H and O–H groups in total. The van der Waals surface area contributed by atoms with E-state index >= 15 is 0 Å². The summed E-state index contributed by atoms with van der Waals surface area (Å²) in [6.45, 7) is 2.44. The van der Waals surface area contributed by atoms with Crippen LogP contribution < -0.4 is 20.7 Å². The van der Waals surface area contributed by atoms with Crippen LogP contribution in [0.15, 0.2) is 53.5 Å². The van der Waals surface area contributed by atoms with Crippen molar-refractivity contribution in [2.45, 2.75) is 13.0 Å². The Kier molecular flexibility index (Phi) is 7.86. The lowest BCUT2D eigenvalue weighted by atomic mass is 10.1. The van der Waals surface area contributed by atoms with Gasteiger partial charge in [0.25, 0.3) is 5.91 Å². The van der Waals surface area contributed by atoms with Gasteiger partial charge in [-0.1, -0.05) is 30.3 Å². The maximum Gasteiger partial charge on any atom is 0.254 e. The minimum atomic E-state index is -0.122. The van der Waals surface area contributed by atoms with Crippen molar-refractivity contribution < 1.29 is 14.3 Å². The third-order valence-corrected chi connectivity index (χ3v) is 5.09. The number of piperazine rings is 1. The van der Waals surface area contributed by atoms with Crippen molar-refractivity contribution in [2.75, 3.05) is 40.3 Å². The molecule has 1 fully saturated rings. The standard InChI is InChI=1S/C23H29N5O3/c1-24-23(26-12-11-18-5-3-4-6-20(18)31-2)27-15-17-7-9-19(10-8-17)22(30)28-14-13-25-21(29)16-28/h3-10H,11-16H2,1-2H3,(H,25,29)(H2,24,26,27). The van der Waals surface area contributed by atoms with Crippen molar-refractivity contribution in [1.29, 1.82) is 0 Å². The fourth-order valence-corrected chi connectivity index (χ4v) is 3.39. The molecule has 1 heterocycles. The molecular formula is C23H29N5O3. The topological polar surface area (TPSA) is 95.1 Å². The van der Waals surface area contributed by atoms with Crippen LogP contribution in [0.3, 0.4) is 0 Å². The van der Waals surface area contributed by atoms with Crippen molar-refractivity contribution in [3.63, 3.8) is 0 Å². The van der Waals surface area contributed by atoms with Crippen LogP contribution in [0.4, 0.5) is 0 Å². The first-order valence-electron chi connectivity index (χ1n) is 10.3. The summed E-state index contributed by atoms with van der Waals surface area (Å²) in [5, 5.41) is 9.30. The molecule has 0 spiro atoms. The minimum absolute atomic E-state index is 0.110. The minimum Gasteiger partial charge on any atom is -0.496 e. The van der Waals surface area contributed by atoms with E-state index < -0.39 is 0 Å². The number of benzene rings is 2. The van der Waals surface area contributed by atoms with Crippen molar-refractivity contribution in [3.05, 3.63) is 65.2 Å². The van der Waals surface area contributed by atoms with Crippen LogP contribution in [0.2, 0.25) is 0 Å². The second-order valence-electron chi connectivity index (χ2n) is 7.19. The van der Waals surface area contributed by atoms with Crippen LogP contribution in [-0.4, -0.2) is 63.0 Å². The van der Waals surface area contributed by atoms with Gasteiger partial charge in [0, 0.05) is 38.8 Å². The van der Waals surface area contributed by atoms with Crippen LogP contribution in [0.1, 0.15) is 21.5 Å². The van der Waals surface area contributed by atoms with Gasteiger partial charge in [-0.3, -0.25) is 14.6 Å². The maximum absolute atomic E-state index is 12.5. The van der Waals surface area contributed by atoms with Gasteiger partial charge in [0.15, 0.2) is 5.96 Å². The number of para-hydroxylation sites is 1. The number of hydrogen-bond donors (Lipinski definition) is 3. The maximum atomic E-state index is 12.5. The average molecular weight is 424 g/mol. The first kappa shape index (κ1) is 22.1. The smallest absolute Gasteiger partial charge is 0.254 e. The third kappa shape index (κ3) is 6.21. The molecule has 31 heavy (non-hydrogen) atoms. The average Bonchev–Trinajstić information content (AvgIpc) is 2.81. The van der Waals surface area contributed by atoms with Gasteiger partial charge in [-0.2, -0.15) is 0 Å². The zero-order valence-electron chi connectivity index (χ0n) is 18.0. The van der Waals surface area contributed by atoms with E-state index in [1.54, 1.807) is 31.2 Å². The number of ether oxygens (including phenoxy) is 1. The zero-order chi connectivity index (χ0) is 22.1. The van der Waals surface area contributed by atoms with Gasteiger partial charge in [0.2, 0.25) is 5.91 Å². The summed E-state index contributed by atoms with van der Waals surface area (Å²) in [5.74, 6) is 1.34. The number of guanidine groups is 1. The number of carbonyl (C=O) groups excluding carboxylic acids is 2. The van der Waals surface area contributed by atoms with E-state index in [0.717, 1.165) is 29.8 Å². The van der Waals surface area contributed by atoms with Gasteiger partial charge in [-0.25, -0.2) is 0 Å². The van der Waals surface area contributed by atoms with E-state index in [9.17, 15) is 9.59 Å². The predicted molar refractivity (Wildman–Crippen MR) is 120 cm³/mol. The van der Waals surface area contributed by atoms with Crippen LogP contribution in [0.25, 0.3) is 0 Å². The Labute approximate surface area is 182 Å². The zero-order valence-corrected chi connectivity index (χ0v) is 18.0. The Morgan fingerprint density at radius 1 is 1.16 bits per heavy atom. The van der Waals surface area contributed by atoms with Gasteiger partial charge in [-0.05, 0) is 35.7 Å². The molecule has 0 saturated carbocycles. The molecule has 0 aliphatic carbocycles. The highest BCUT2D eigenvalue weighted by atomic mass is 16.5. The summed E-state index contributed by atoms with van der Waals surface area (Å²) in [5.41, 5.74) is 2.75. The van der Waals surface area contributed by atoms with Gasteiger partial charge in [-0.15, -0.1) is 0 Å². The summed E-state index contributed by atoms with van der Waals surface area (Å²) in [7, 11) is 3.41. The molecule has 2 amide bonds. The number of carbonyl (C=O) groups is 2. The van der Waals surface area contributed by atoms with Crippen molar-refractivity contribution in [1.82, 2.24) is 20.9 Å². The fourth-order valence-electron chi connectivity index (χ4n) is 3.39. The number of methoxy groups -OCH3 is 1. The summed E-state index contributed by atoms with van der Waals surface area (Å²) in [6, 6.07) is 15.4. The van der Waals surface area contributed by atoms with Crippen LogP contribution in [-0.2, 0) is 17.8 Å². The van der Waals surface area contributed by atoms with E-state index in [0.29, 0.717) is 31.2 Å². The van der Waals surface area contributed by atoms with Crippen molar-refractivity contribution in [2.24, 2.45) is 4.99 Å². The first-order chi connectivity index (χ1) is 15.1. The number of nitrogens with one attached hydrogen (secondary N) is 3. The summed E-state index contributed by atoms with van der Waals surface area (Å²) < 4.78 is 5.38.